The Kier molecular flexibility index (Phi) is 3.70. The third-order valence-corrected chi connectivity index (χ3v) is 2.93. The SMILES string of the molecule is CN(C=O)c1ccc(C(=O)c2cc(N)cc(N)c2)cc1. The summed E-state index contributed by atoms with van der Waals surface area (Å²) < 4.78 is 0. The highest BCUT2D eigenvalue weighted by atomic mass is 16.1. The van der Waals surface area contributed by atoms with Crippen LogP contribution in [-0.2, 0) is 4.79 Å². The second kappa shape index (κ2) is 5.44. The summed E-state index contributed by atoms with van der Waals surface area (Å²) in [6.07, 6.45) is 0.704. The standard InChI is InChI=1S/C15H15N3O2/c1-18(9-19)14-4-2-10(3-5-14)15(20)11-6-12(16)8-13(17)7-11/h2-9H,16-17H2,1H3. The molecule has 0 aliphatic carbocycles. The van der Waals surface area contributed by atoms with Crippen LogP contribution in [0.15, 0.2) is 42.5 Å². The molecule has 4 N–H and O–H groups in total. The molecule has 0 heterocycles. The van der Waals surface area contributed by atoms with Gasteiger partial charge in [-0.2, -0.15) is 0 Å². The Morgan fingerprint density at radius 3 is 2.05 bits per heavy atom. The number of nitrogens with two attached hydrogens (primary N) is 2. The predicted molar refractivity (Wildman–Crippen MR) is 79.6 cm³/mol. The number of rotatable bonds is 4. The molecule has 0 aromatic heterocycles. The topological polar surface area (TPSA) is 89.4 Å². The van der Waals surface area contributed by atoms with Crippen LogP contribution in [0.3, 0.4) is 0 Å². The third kappa shape index (κ3) is 2.77. The maximum absolute atomic E-state index is 12.3. The number of carbonyl (C=O) groups is 2. The zero-order valence-electron chi connectivity index (χ0n) is 11.0. The van der Waals surface area contributed by atoms with Crippen molar-refractivity contribution in [1.82, 2.24) is 0 Å². The van der Waals surface area contributed by atoms with E-state index in [0.29, 0.717) is 34.6 Å². The average Bonchev–Trinajstić information content (AvgIpc) is 2.45. The fourth-order valence-electron chi connectivity index (χ4n) is 1.88. The molecular weight excluding hydrogens is 254 g/mol. The second-order valence-corrected chi connectivity index (χ2v) is 4.48. The van der Waals surface area contributed by atoms with Crippen LogP contribution in [0.5, 0.6) is 0 Å². The molecule has 0 saturated heterocycles. The number of benzene rings is 2. The van der Waals surface area contributed by atoms with Gasteiger partial charge in [0, 0.05) is 35.2 Å². The van der Waals surface area contributed by atoms with E-state index in [1.807, 2.05) is 0 Å². The monoisotopic (exact) mass is 269 g/mol. The Morgan fingerprint density at radius 2 is 1.55 bits per heavy atom. The van der Waals surface area contributed by atoms with Gasteiger partial charge in [0.05, 0.1) is 0 Å². The Morgan fingerprint density at radius 1 is 1.00 bits per heavy atom. The smallest absolute Gasteiger partial charge is 0.213 e. The lowest BCUT2D eigenvalue weighted by molar-refractivity contribution is -0.107. The molecule has 0 aliphatic heterocycles. The molecule has 0 bridgehead atoms. The van der Waals surface area contributed by atoms with Crippen molar-refractivity contribution >= 4 is 29.3 Å². The van der Waals surface area contributed by atoms with Crippen LogP contribution in [0.2, 0.25) is 0 Å². The highest BCUT2D eigenvalue weighted by Crippen LogP contribution is 2.19. The van der Waals surface area contributed by atoms with Crippen LogP contribution in [-0.4, -0.2) is 19.2 Å². The summed E-state index contributed by atoms with van der Waals surface area (Å²) in [6, 6.07) is 11.5. The zero-order valence-corrected chi connectivity index (χ0v) is 11.0. The van der Waals surface area contributed by atoms with Crippen molar-refractivity contribution in [3.63, 3.8) is 0 Å². The van der Waals surface area contributed by atoms with Crippen molar-refractivity contribution in [2.45, 2.75) is 0 Å². The van der Waals surface area contributed by atoms with Gasteiger partial charge in [-0.3, -0.25) is 9.59 Å². The summed E-state index contributed by atoms with van der Waals surface area (Å²) in [4.78, 5) is 24.4. The minimum atomic E-state index is -0.163. The molecule has 2 rings (SSSR count). The van der Waals surface area contributed by atoms with E-state index in [0.717, 1.165) is 0 Å². The van der Waals surface area contributed by atoms with Crippen LogP contribution in [0.1, 0.15) is 15.9 Å². The summed E-state index contributed by atoms with van der Waals surface area (Å²) >= 11 is 0. The van der Waals surface area contributed by atoms with Gasteiger partial charge in [0.25, 0.3) is 0 Å². The Bertz CT molecular complexity index is 630. The van der Waals surface area contributed by atoms with Crippen molar-refractivity contribution in [3.8, 4) is 0 Å². The molecule has 102 valence electrons. The number of nitrogens with zero attached hydrogens (tertiary/aromatic N) is 1. The lowest BCUT2D eigenvalue weighted by Crippen LogP contribution is -2.13. The fraction of sp³-hybridized carbons (Fsp3) is 0.0667. The van der Waals surface area contributed by atoms with E-state index in [2.05, 4.69) is 0 Å². The normalized spacial score (nSPS) is 10.1. The van der Waals surface area contributed by atoms with E-state index >= 15 is 0 Å². The fourth-order valence-corrected chi connectivity index (χ4v) is 1.88. The Hall–Kier alpha value is -2.82. The molecule has 0 aliphatic rings. The number of anilines is 3. The third-order valence-electron chi connectivity index (χ3n) is 2.93. The lowest BCUT2D eigenvalue weighted by atomic mass is 10.0. The number of hydrogen-bond acceptors (Lipinski definition) is 4. The van der Waals surface area contributed by atoms with Crippen LogP contribution in [0.25, 0.3) is 0 Å². The van der Waals surface area contributed by atoms with Crippen molar-refractivity contribution in [1.29, 1.82) is 0 Å². The quantitative estimate of drug-likeness (QED) is 0.502. The summed E-state index contributed by atoms with van der Waals surface area (Å²) in [6.45, 7) is 0. The van der Waals surface area contributed by atoms with Crippen LogP contribution in [0.4, 0.5) is 17.1 Å². The molecule has 0 fully saturated rings. The summed E-state index contributed by atoms with van der Waals surface area (Å²) in [5.74, 6) is -0.163. The van der Waals surface area contributed by atoms with Gasteiger partial charge in [-0.15, -0.1) is 0 Å². The largest absolute Gasteiger partial charge is 0.399 e. The predicted octanol–water partition coefficient (Wildman–Crippen LogP) is 1.67. The van der Waals surface area contributed by atoms with Gasteiger partial charge in [0.15, 0.2) is 5.78 Å². The minimum Gasteiger partial charge on any atom is -0.399 e. The number of amides is 1. The molecule has 5 nitrogen and oxygen atoms in total. The first-order valence-electron chi connectivity index (χ1n) is 6.00. The molecular formula is C15H15N3O2. The molecule has 0 saturated carbocycles. The van der Waals surface area contributed by atoms with Gasteiger partial charge in [-0.05, 0) is 42.5 Å². The molecule has 2 aromatic carbocycles. The van der Waals surface area contributed by atoms with Gasteiger partial charge in [0.1, 0.15) is 0 Å². The summed E-state index contributed by atoms with van der Waals surface area (Å²) in [7, 11) is 1.64. The van der Waals surface area contributed by atoms with Gasteiger partial charge in [-0.1, -0.05) is 0 Å². The van der Waals surface area contributed by atoms with Crippen LogP contribution >= 0.6 is 0 Å². The average molecular weight is 269 g/mol. The molecule has 0 unspecified atom stereocenters. The van der Waals surface area contributed by atoms with Crippen LogP contribution in [0, 0.1) is 0 Å². The molecule has 0 radical (unpaired) electrons. The van der Waals surface area contributed by atoms with Gasteiger partial charge in [0.2, 0.25) is 6.41 Å². The summed E-state index contributed by atoms with van der Waals surface area (Å²) in [5, 5.41) is 0. The second-order valence-electron chi connectivity index (χ2n) is 4.48. The first-order chi connectivity index (χ1) is 9.51. The maximum Gasteiger partial charge on any atom is 0.213 e. The Balaban J connectivity index is 2.31. The lowest BCUT2D eigenvalue weighted by Gasteiger charge is -2.11. The highest BCUT2D eigenvalue weighted by Gasteiger charge is 2.11. The van der Waals surface area contributed by atoms with E-state index in [-0.39, 0.29) is 5.78 Å². The van der Waals surface area contributed by atoms with E-state index < -0.39 is 0 Å². The van der Waals surface area contributed by atoms with E-state index in [4.69, 9.17) is 11.5 Å². The van der Waals surface area contributed by atoms with Gasteiger partial charge in [-0.25, -0.2) is 0 Å². The minimum absolute atomic E-state index is 0.163. The van der Waals surface area contributed by atoms with Gasteiger partial charge < -0.3 is 16.4 Å². The van der Waals surface area contributed by atoms with Crippen LogP contribution < -0.4 is 16.4 Å². The molecule has 0 spiro atoms. The number of ketones is 1. The first-order valence-corrected chi connectivity index (χ1v) is 6.00. The van der Waals surface area contributed by atoms with Gasteiger partial charge >= 0.3 is 0 Å². The maximum atomic E-state index is 12.3. The van der Waals surface area contributed by atoms with E-state index in [9.17, 15) is 9.59 Å². The van der Waals surface area contributed by atoms with Crippen molar-refractivity contribution in [2.24, 2.45) is 0 Å². The van der Waals surface area contributed by atoms with E-state index in [1.54, 1.807) is 49.5 Å². The van der Waals surface area contributed by atoms with Crippen molar-refractivity contribution < 1.29 is 9.59 Å². The molecule has 5 heteroatoms. The summed E-state index contributed by atoms with van der Waals surface area (Å²) in [5.41, 5.74) is 13.9. The van der Waals surface area contributed by atoms with E-state index in [1.165, 1.54) is 4.90 Å². The van der Waals surface area contributed by atoms with Crippen molar-refractivity contribution in [2.75, 3.05) is 23.4 Å². The highest BCUT2D eigenvalue weighted by molar-refractivity contribution is 6.10. The molecule has 2 aromatic rings. The molecule has 1 amide bonds. The van der Waals surface area contributed by atoms with Crippen molar-refractivity contribution in [3.05, 3.63) is 53.6 Å². The Labute approximate surface area is 116 Å². The molecule has 20 heavy (non-hydrogen) atoms. The first kappa shape index (κ1) is 13.6. The zero-order chi connectivity index (χ0) is 14.7. The number of carbonyl (C=O) groups excluding carboxylic acids is 2. The molecule has 0 atom stereocenters. The number of hydrogen-bond donors (Lipinski definition) is 2. The number of nitrogen functional groups attached to an aromatic ring is 2.